The zero-order valence-electron chi connectivity index (χ0n) is 17.1. The molecule has 1 fully saturated rings. The highest BCUT2D eigenvalue weighted by Gasteiger charge is 2.42. The van der Waals surface area contributed by atoms with Crippen molar-refractivity contribution in [3.05, 3.63) is 60.2 Å². The molecule has 4 aromatic rings. The van der Waals surface area contributed by atoms with Gasteiger partial charge in [-0.2, -0.15) is 9.40 Å². The molecule has 3 aromatic heterocycles. The lowest BCUT2D eigenvalue weighted by atomic mass is 10.2. The molecule has 1 aliphatic heterocycles. The Morgan fingerprint density at radius 3 is 2.81 bits per heavy atom. The zero-order chi connectivity index (χ0) is 22.1. The lowest BCUT2D eigenvalue weighted by molar-refractivity contribution is -0.121. The number of hydrogen-bond acceptors (Lipinski definition) is 7. The van der Waals surface area contributed by atoms with E-state index < -0.39 is 16.1 Å². The maximum atomic E-state index is 13.8. The number of sulfonamides is 1. The Labute approximate surface area is 193 Å². The molecule has 32 heavy (non-hydrogen) atoms. The molecule has 0 unspecified atom stereocenters. The third kappa shape index (κ3) is 3.96. The van der Waals surface area contributed by atoms with E-state index in [4.69, 9.17) is 0 Å². The van der Waals surface area contributed by atoms with E-state index in [2.05, 4.69) is 10.1 Å². The number of amides is 1. The van der Waals surface area contributed by atoms with Gasteiger partial charge in [-0.1, -0.05) is 29.5 Å². The van der Waals surface area contributed by atoms with Crippen LogP contribution in [0.3, 0.4) is 0 Å². The highest BCUT2D eigenvalue weighted by atomic mass is 32.2. The Kier molecular flexibility index (Phi) is 5.80. The van der Waals surface area contributed by atoms with Crippen LogP contribution >= 0.6 is 22.7 Å². The normalized spacial score (nSPS) is 17.2. The number of thiazole rings is 1. The molecule has 1 amide bonds. The lowest BCUT2D eigenvalue weighted by Gasteiger charge is -2.28. The van der Waals surface area contributed by atoms with Crippen molar-refractivity contribution in [2.45, 2.75) is 29.6 Å². The molecule has 0 saturated carbocycles. The fourth-order valence-electron chi connectivity index (χ4n) is 3.89. The number of para-hydroxylation sites is 1. The van der Waals surface area contributed by atoms with Crippen LogP contribution in [0.1, 0.15) is 12.8 Å². The first kappa shape index (κ1) is 21.3. The van der Waals surface area contributed by atoms with Crippen LogP contribution in [0.25, 0.3) is 10.2 Å². The summed E-state index contributed by atoms with van der Waals surface area (Å²) in [7, 11) is -3.72. The SMILES string of the molecule is O=C([C@@H]1CCCN1S(=O)(=O)c1cccs1)N(CCn1cccn1)c1nc2ccccc2s1. The summed E-state index contributed by atoms with van der Waals surface area (Å²) >= 11 is 2.60. The van der Waals surface area contributed by atoms with Gasteiger partial charge in [0.1, 0.15) is 10.3 Å². The van der Waals surface area contributed by atoms with Crippen LogP contribution in [-0.4, -0.2) is 52.5 Å². The van der Waals surface area contributed by atoms with Crippen LogP contribution in [0, 0.1) is 0 Å². The number of hydrogen-bond donors (Lipinski definition) is 0. The van der Waals surface area contributed by atoms with Gasteiger partial charge in [-0.3, -0.25) is 14.4 Å². The van der Waals surface area contributed by atoms with Crippen molar-refractivity contribution in [3.63, 3.8) is 0 Å². The quantitative estimate of drug-likeness (QED) is 0.398. The molecule has 1 aromatic carbocycles. The topological polar surface area (TPSA) is 88.4 Å². The van der Waals surface area contributed by atoms with Gasteiger partial charge in [0.25, 0.3) is 10.0 Å². The molecule has 1 aliphatic rings. The predicted molar refractivity (Wildman–Crippen MR) is 125 cm³/mol. The van der Waals surface area contributed by atoms with Crippen molar-refractivity contribution in [2.75, 3.05) is 18.0 Å². The molecule has 166 valence electrons. The van der Waals surface area contributed by atoms with Crippen LogP contribution in [0.2, 0.25) is 0 Å². The van der Waals surface area contributed by atoms with E-state index in [0.717, 1.165) is 10.2 Å². The number of anilines is 1. The van der Waals surface area contributed by atoms with Crippen molar-refractivity contribution in [1.82, 2.24) is 19.1 Å². The summed E-state index contributed by atoms with van der Waals surface area (Å²) in [5, 5.41) is 6.53. The second-order valence-electron chi connectivity index (χ2n) is 7.43. The Hall–Kier alpha value is -2.60. The van der Waals surface area contributed by atoms with Crippen LogP contribution in [0.15, 0.2) is 64.4 Å². The van der Waals surface area contributed by atoms with Crippen molar-refractivity contribution in [2.24, 2.45) is 0 Å². The number of aromatic nitrogens is 3. The van der Waals surface area contributed by atoms with Crippen molar-refractivity contribution in [1.29, 1.82) is 0 Å². The minimum atomic E-state index is -3.72. The van der Waals surface area contributed by atoms with Gasteiger partial charge >= 0.3 is 0 Å². The first-order chi connectivity index (χ1) is 15.5. The molecule has 4 heterocycles. The first-order valence-electron chi connectivity index (χ1n) is 10.2. The first-order valence-corrected chi connectivity index (χ1v) is 13.4. The third-order valence-electron chi connectivity index (χ3n) is 5.44. The molecule has 5 rings (SSSR count). The van der Waals surface area contributed by atoms with Crippen LogP contribution in [0.5, 0.6) is 0 Å². The fourth-order valence-corrected chi connectivity index (χ4v) is 7.66. The van der Waals surface area contributed by atoms with E-state index in [1.165, 1.54) is 27.0 Å². The van der Waals surface area contributed by atoms with E-state index in [-0.39, 0.29) is 10.1 Å². The molecule has 0 N–H and O–H groups in total. The summed E-state index contributed by atoms with van der Waals surface area (Å²) in [5.74, 6) is -0.242. The Balaban J connectivity index is 1.47. The molecule has 1 atom stereocenters. The highest BCUT2D eigenvalue weighted by molar-refractivity contribution is 7.91. The maximum absolute atomic E-state index is 13.8. The third-order valence-corrected chi connectivity index (χ3v) is 9.78. The van der Waals surface area contributed by atoms with Crippen LogP contribution < -0.4 is 4.90 Å². The summed E-state index contributed by atoms with van der Waals surface area (Å²) in [6.07, 6.45) is 4.67. The van der Waals surface area contributed by atoms with Gasteiger partial charge in [-0.05, 0) is 42.5 Å². The minimum Gasteiger partial charge on any atom is -0.285 e. The predicted octanol–water partition coefficient (Wildman–Crippen LogP) is 3.44. The number of thiophene rings is 1. The Bertz CT molecular complexity index is 1280. The smallest absolute Gasteiger partial charge is 0.253 e. The standard InChI is InChI=1S/C21H21N5O3S3/c27-20(17-7-3-12-26(17)32(28,29)19-9-4-15-30-19)25(14-13-24-11-5-10-22-24)21-23-16-6-1-2-8-18(16)31-21/h1-2,4-6,8-11,15,17H,3,7,12-14H2/t17-/m0/s1. The van der Waals surface area contributed by atoms with Crippen molar-refractivity contribution < 1.29 is 13.2 Å². The average Bonchev–Trinajstić information content (AvgIpc) is 3.60. The van der Waals surface area contributed by atoms with E-state index in [1.807, 2.05) is 36.5 Å². The molecule has 0 aliphatic carbocycles. The van der Waals surface area contributed by atoms with Gasteiger partial charge in [-0.15, -0.1) is 11.3 Å². The second-order valence-corrected chi connectivity index (χ2v) is 11.5. The summed E-state index contributed by atoms with van der Waals surface area (Å²) in [5.41, 5.74) is 0.818. The summed E-state index contributed by atoms with van der Waals surface area (Å²) in [4.78, 5) is 20.1. The van der Waals surface area contributed by atoms with Crippen LogP contribution in [0.4, 0.5) is 5.13 Å². The summed E-state index contributed by atoms with van der Waals surface area (Å²) < 4.78 is 30.7. The van der Waals surface area contributed by atoms with Gasteiger partial charge in [0.2, 0.25) is 5.91 Å². The van der Waals surface area contributed by atoms with E-state index in [0.29, 0.717) is 37.6 Å². The van der Waals surface area contributed by atoms with E-state index in [9.17, 15) is 13.2 Å². The van der Waals surface area contributed by atoms with Gasteiger partial charge in [-0.25, -0.2) is 13.4 Å². The van der Waals surface area contributed by atoms with Crippen LogP contribution in [-0.2, 0) is 21.4 Å². The summed E-state index contributed by atoms with van der Waals surface area (Å²) in [6.45, 7) is 1.17. The van der Waals surface area contributed by atoms with E-state index >= 15 is 0 Å². The second kappa shape index (κ2) is 8.74. The summed E-state index contributed by atoms with van der Waals surface area (Å²) in [6, 6.07) is 12.1. The monoisotopic (exact) mass is 487 g/mol. The number of carbonyl (C=O) groups excluding carboxylic acids is 1. The molecular formula is C21H21N5O3S3. The van der Waals surface area contributed by atoms with Crippen molar-refractivity contribution >= 4 is 54.0 Å². The van der Waals surface area contributed by atoms with E-state index in [1.54, 1.807) is 33.3 Å². The maximum Gasteiger partial charge on any atom is 0.253 e. The van der Waals surface area contributed by atoms with Gasteiger partial charge in [0.15, 0.2) is 5.13 Å². The molecule has 11 heteroatoms. The Morgan fingerprint density at radius 1 is 1.19 bits per heavy atom. The van der Waals surface area contributed by atoms with Gasteiger partial charge < -0.3 is 0 Å². The number of nitrogens with zero attached hydrogens (tertiary/aromatic N) is 5. The fraction of sp³-hybridized carbons (Fsp3) is 0.286. The number of rotatable bonds is 7. The molecule has 0 bridgehead atoms. The average molecular weight is 488 g/mol. The molecule has 1 saturated heterocycles. The van der Waals surface area contributed by atoms with Gasteiger partial charge in [0, 0.05) is 25.5 Å². The Morgan fingerprint density at radius 2 is 2.06 bits per heavy atom. The number of benzene rings is 1. The van der Waals surface area contributed by atoms with Gasteiger partial charge in [0.05, 0.1) is 16.8 Å². The van der Waals surface area contributed by atoms with Crippen molar-refractivity contribution in [3.8, 4) is 0 Å². The number of fused-ring (bicyclic) bond motifs is 1. The molecule has 0 radical (unpaired) electrons. The zero-order valence-corrected chi connectivity index (χ0v) is 19.5. The lowest BCUT2D eigenvalue weighted by Crippen LogP contribution is -2.48. The molecule has 0 spiro atoms. The number of carbonyl (C=O) groups is 1. The molecule has 8 nitrogen and oxygen atoms in total. The largest absolute Gasteiger partial charge is 0.285 e. The highest BCUT2D eigenvalue weighted by Crippen LogP contribution is 2.33. The molecular weight excluding hydrogens is 466 g/mol. The minimum absolute atomic E-state index is 0.242.